The number of piperidine rings is 1. The van der Waals surface area contributed by atoms with Gasteiger partial charge in [-0.2, -0.15) is 13.2 Å². The fraction of sp³-hybridized carbons (Fsp3) is 0.680. The van der Waals surface area contributed by atoms with E-state index >= 15 is 0 Å². The summed E-state index contributed by atoms with van der Waals surface area (Å²) in [5.41, 5.74) is -1.54. The first-order chi connectivity index (χ1) is 15.8. The average Bonchev–Trinajstić information content (AvgIpc) is 3.19. The summed E-state index contributed by atoms with van der Waals surface area (Å²) in [6, 6.07) is 2.12. The van der Waals surface area contributed by atoms with Crippen molar-refractivity contribution in [3.8, 4) is 0 Å². The van der Waals surface area contributed by atoms with Gasteiger partial charge in [-0.1, -0.05) is 20.8 Å². The fourth-order valence-corrected chi connectivity index (χ4v) is 4.80. The number of halogens is 4. The molecule has 2 aliphatic heterocycles. The number of carbonyl (C=O) groups excluding carboxylic acids is 2. The van der Waals surface area contributed by atoms with Crippen LogP contribution < -0.4 is 5.32 Å². The fourth-order valence-electron chi connectivity index (χ4n) is 4.80. The molecular formula is C25H35F4N3O2. The lowest BCUT2D eigenvalue weighted by Gasteiger charge is -2.36. The Morgan fingerprint density at radius 3 is 2.32 bits per heavy atom. The maximum Gasteiger partial charge on any atom is 0.416 e. The smallest absolute Gasteiger partial charge is 0.352 e. The number of benzene rings is 1. The lowest BCUT2D eigenvalue weighted by molar-refractivity contribution is -0.138. The van der Waals surface area contributed by atoms with Crippen molar-refractivity contribution >= 4 is 11.8 Å². The van der Waals surface area contributed by atoms with Crippen LogP contribution in [0.5, 0.6) is 0 Å². The highest BCUT2D eigenvalue weighted by atomic mass is 19.4. The molecule has 1 aromatic rings. The van der Waals surface area contributed by atoms with Gasteiger partial charge >= 0.3 is 6.18 Å². The minimum absolute atomic E-state index is 0.0349. The van der Waals surface area contributed by atoms with Crippen molar-refractivity contribution in [2.75, 3.05) is 32.7 Å². The van der Waals surface area contributed by atoms with E-state index in [9.17, 15) is 27.2 Å². The van der Waals surface area contributed by atoms with Crippen molar-refractivity contribution in [1.29, 1.82) is 0 Å². The normalized spacial score (nSPS) is 20.6. The molecule has 1 N–H and O–H groups in total. The summed E-state index contributed by atoms with van der Waals surface area (Å²) in [4.78, 5) is 29.4. The van der Waals surface area contributed by atoms with Gasteiger partial charge in [0.05, 0.1) is 5.56 Å². The van der Waals surface area contributed by atoms with Crippen LogP contribution >= 0.6 is 0 Å². The van der Waals surface area contributed by atoms with E-state index in [1.807, 2.05) is 4.90 Å². The van der Waals surface area contributed by atoms with Crippen molar-refractivity contribution < 1.29 is 27.2 Å². The Hall–Kier alpha value is -2.16. The molecule has 5 nitrogen and oxygen atoms in total. The predicted molar refractivity (Wildman–Crippen MR) is 122 cm³/mol. The van der Waals surface area contributed by atoms with Gasteiger partial charge in [-0.15, -0.1) is 0 Å². The molecule has 34 heavy (non-hydrogen) atoms. The van der Waals surface area contributed by atoms with E-state index in [2.05, 4.69) is 31.0 Å². The molecule has 9 heteroatoms. The van der Waals surface area contributed by atoms with Crippen molar-refractivity contribution in [1.82, 2.24) is 15.1 Å². The molecule has 2 saturated heterocycles. The maximum absolute atomic E-state index is 13.6. The van der Waals surface area contributed by atoms with E-state index in [1.54, 1.807) is 0 Å². The second-order valence-corrected chi connectivity index (χ2v) is 10.8. The molecular weight excluding hydrogens is 450 g/mol. The van der Waals surface area contributed by atoms with E-state index in [-0.39, 0.29) is 28.8 Å². The minimum atomic E-state index is -4.71. The first-order valence-electron chi connectivity index (χ1n) is 12.0. The zero-order valence-corrected chi connectivity index (χ0v) is 20.2. The SMILES string of the molecule is CC(C)(C)CC(=O)N1CCC[C@H]1CN1CCC(CNC(=O)c2cc(F)cc(C(F)(F)F)c2)CC1. The van der Waals surface area contributed by atoms with Gasteiger partial charge in [-0.3, -0.25) is 9.59 Å². The van der Waals surface area contributed by atoms with Crippen molar-refractivity contribution in [3.63, 3.8) is 0 Å². The van der Waals surface area contributed by atoms with Gasteiger partial charge in [-0.05, 0) is 68.3 Å². The number of nitrogens with one attached hydrogen (secondary N) is 1. The summed E-state index contributed by atoms with van der Waals surface area (Å²) in [6.07, 6.45) is -0.435. The minimum Gasteiger partial charge on any atom is -0.352 e. The van der Waals surface area contributed by atoms with Crippen LogP contribution in [-0.2, 0) is 11.0 Å². The molecule has 0 saturated carbocycles. The molecule has 0 aliphatic carbocycles. The predicted octanol–water partition coefficient (Wildman–Crippen LogP) is 4.71. The van der Waals surface area contributed by atoms with Crippen molar-refractivity contribution in [2.45, 2.75) is 65.1 Å². The number of nitrogens with zero attached hydrogens (tertiary/aromatic N) is 2. The summed E-state index contributed by atoms with van der Waals surface area (Å²) in [5, 5.41) is 2.66. The molecule has 2 aliphatic rings. The van der Waals surface area contributed by atoms with Crippen LogP contribution in [0.15, 0.2) is 18.2 Å². The standard InChI is InChI=1S/C25H35F4N3O2/c1-24(2,3)14-22(33)32-8-4-5-21(32)16-31-9-6-17(7-10-31)15-30-23(34)18-11-19(25(27,28)29)13-20(26)12-18/h11-13,17,21H,4-10,14-16H2,1-3H3,(H,30,34)/t21-/m0/s1. The Kier molecular flexibility index (Phi) is 8.26. The summed E-state index contributed by atoms with van der Waals surface area (Å²) < 4.78 is 52.2. The topological polar surface area (TPSA) is 52.7 Å². The molecule has 2 heterocycles. The first-order valence-corrected chi connectivity index (χ1v) is 12.0. The van der Waals surface area contributed by atoms with Crippen LogP contribution in [0.1, 0.15) is 68.8 Å². The van der Waals surface area contributed by atoms with E-state index in [4.69, 9.17) is 0 Å². The third-order valence-electron chi connectivity index (χ3n) is 6.59. The molecule has 0 bridgehead atoms. The summed E-state index contributed by atoms with van der Waals surface area (Å²) in [6.45, 7) is 9.91. The number of alkyl halides is 3. The monoisotopic (exact) mass is 485 g/mol. The zero-order chi connectivity index (χ0) is 25.1. The van der Waals surface area contributed by atoms with Crippen LogP contribution in [0.3, 0.4) is 0 Å². The number of carbonyl (C=O) groups is 2. The van der Waals surface area contributed by atoms with Crippen molar-refractivity contribution in [3.05, 3.63) is 35.1 Å². The third-order valence-corrected chi connectivity index (χ3v) is 6.59. The second kappa shape index (κ2) is 10.6. The molecule has 1 aromatic carbocycles. The van der Waals surface area contributed by atoms with Gasteiger partial charge in [0.25, 0.3) is 5.91 Å². The van der Waals surface area contributed by atoms with Crippen LogP contribution in [0, 0.1) is 17.2 Å². The van der Waals surface area contributed by atoms with E-state index in [0.717, 1.165) is 57.9 Å². The molecule has 2 amide bonds. The van der Waals surface area contributed by atoms with Crippen LogP contribution in [0.2, 0.25) is 0 Å². The Morgan fingerprint density at radius 2 is 1.71 bits per heavy atom. The van der Waals surface area contributed by atoms with E-state index < -0.39 is 23.5 Å². The molecule has 0 radical (unpaired) electrons. The summed E-state index contributed by atoms with van der Waals surface area (Å²) in [7, 11) is 0. The molecule has 2 fully saturated rings. The van der Waals surface area contributed by atoms with Gasteiger partial charge in [0.15, 0.2) is 0 Å². The molecule has 0 spiro atoms. The highest BCUT2D eigenvalue weighted by Crippen LogP contribution is 2.30. The lowest BCUT2D eigenvalue weighted by atomic mass is 9.91. The Morgan fingerprint density at radius 1 is 1.03 bits per heavy atom. The van der Waals surface area contributed by atoms with Gasteiger partial charge in [0, 0.05) is 37.7 Å². The number of rotatable bonds is 6. The number of likely N-dealkylation sites (tertiary alicyclic amines) is 2. The maximum atomic E-state index is 13.6. The van der Waals surface area contributed by atoms with Gasteiger partial charge in [0.2, 0.25) is 5.91 Å². The molecule has 1 atom stereocenters. The molecule has 0 aromatic heterocycles. The second-order valence-electron chi connectivity index (χ2n) is 10.8. The van der Waals surface area contributed by atoms with Crippen molar-refractivity contribution in [2.24, 2.45) is 11.3 Å². The lowest BCUT2D eigenvalue weighted by Crippen LogP contribution is -2.47. The van der Waals surface area contributed by atoms with E-state index in [1.165, 1.54) is 0 Å². The van der Waals surface area contributed by atoms with Gasteiger partial charge in [-0.25, -0.2) is 4.39 Å². The Labute approximate surface area is 198 Å². The van der Waals surface area contributed by atoms with Crippen LogP contribution in [0.25, 0.3) is 0 Å². The third kappa shape index (κ3) is 7.42. The van der Waals surface area contributed by atoms with Crippen LogP contribution in [0.4, 0.5) is 17.6 Å². The highest BCUT2D eigenvalue weighted by Gasteiger charge is 2.34. The molecule has 0 unspecified atom stereocenters. The number of amides is 2. The Balaban J connectivity index is 1.45. The average molecular weight is 486 g/mol. The Bertz CT molecular complexity index is 874. The molecule has 3 rings (SSSR count). The van der Waals surface area contributed by atoms with E-state index in [0.29, 0.717) is 25.1 Å². The summed E-state index contributed by atoms with van der Waals surface area (Å²) >= 11 is 0. The first kappa shape index (κ1) is 26.4. The zero-order valence-electron chi connectivity index (χ0n) is 20.2. The highest BCUT2D eigenvalue weighted by molar-refractivity contribution is 5.94. The number of hydrogen-bond acceptors (Lipinski definition) is 3. The van der Waals surface area contributed by atoms with Crippen LogP contribution in [-0.4, -0.2) is 60.4 Å². The van der Waals surface area contributed by atoms with Gasteiger partial charge in [0.1, 0.15) is 5.82 Å². The summed E-state index contributed by atoms with van der Waals surface area (Å²) in [5.74, 6) is -1.36. The van der Waals surface area contributed by atoms with Gasteiger partial charge < -0.3 is 15.1 Å². The quantitative estimate of drug-likeness (QED) is 0.594. The number of hydrogen-bond donors (Lipinski definition) is 1. The molecule has 190 valence electrons. The largest absolute Gasteiger partial charge is 0.416 e.